The molecular weight excluding hydrogens is 248 g/mol. The van der Waals surface area contributed by atoms with Crippen molar-refractivity contribution in [3.05, 3.63) is 71.8 Å². The summed E-state index contributed by atoms with van der Waals surface area (Å²) in [6.07, 6.45) is 0.838. The maximum Gasteiger partial charge on any atom is 0.243 e. The van der Waals surface area contributed by atoms with E-state index in [-0.39, 0.29) is 5.91 Å². The topological polar surface area (TPSA) is 46.3 Å². The van der Waals surface area contributed by atoms with E-state index in [0.717, 1.165) is 12.0 Å². The molecule has 3 heteroatoms. The van der Waals surface area contributed by atoms with Gasteiger partial charge in [0.1, 0.15) is 6.04 Å². The summed E-state index contributed by atoms with van der Waals surface area (Å²) in [6.45, 7) is 0.670. The van der Waals surface area contributed by atoms with Crippen LogP contribution in [0.25, 0.3) is 0 Å². The van der Waals surface area contributed by atoms with Crippen molar-refractivity contribution in [2.45, 2.75) is 12.5 Å². The van der Waals surface area contributed by atoms with Crippen LogP contribution in [0.3, 0.4) is 0 Å². The predicted molar refractivity (Wildman–Crippen MR) is 81.2 cm³/mol. The van der Waals surface area contributed by atoms with Crippen LogP contribution in [0.1, 0.15) is 17.2 Å². The Kier molecular flexibility index (Phi) is 4.91. The highest BCUT2D eigenvalue weighted by Crippen LogP contribution is 2.12. The van der Waals surface area contributed by atoms with Gasteiger partial charge in [0.25, 0.3) is 0 Å². The Morgan fingerprint density at radius 3 is 2.20 bits per heavy atom. The first kappa shape index (κ1) is 14.3. The highest BCUT2D eigenvalue weighted by atomic mass is 16.2. The molecule has 1 unspecified atom stereocenters. The first-order valence-corrected chi connectivity index (χ1v) is 6.78. The zero-order valence-corrected chi connectivity index (χ0v) is 11.7. The molecule has 0 aliphatic heterocycles. The third-order valence-electron chi connectivity index (χ3n) is 3.38. The van der Waals surface area contributed by atoms with Crippen LogP contribution < -0.4 is 5.73 Å². The fraction of sp³-hybridized carbons (Fsp3) is 0.235. The lowest BCUT2D eigenvalue weighted by atomic mass is 10.1. The van der Waals surface area contributed by atoms with E-state index in [1.54, 1.807) is 11.9 Å². The Balaban J connectivity index is 1.92. The van der Waals surface area contributed by atoms with Crippen molar-refractivity contribution in [1.82, 2.24) is 4.90 Å². The van der Waals surface area contributed by atoms with Crippen LogP contribution in [0.2, 0.25) is 0 Å². The van der Waals surface area contributed by atoms with Crippen LogP contribution in [0.5, 0.6) is 0 Å². The summed E-state index contributed by atoms with van der Waals surface area (Å²) in [5, 5.41) is 0. The lowest BCUT2D eigenvalue weighted by Crippen LogP contribution is -2.37. The highest BCUT2D eigenvalue weighted by Gasteiger charge is 2.19. The smallest absolute Gasteiger partial charge is 0.243 e. The van der Waals surface area contributed by atoms with Gasteiger partial charge in [0.05, 0.1) is 0 Å². The zero-order chi connectivity index (χ0) is 14.4. The van der Waals surface area contributed by atoms with Gasteiger partial charge in [-0.25, -0.2) is 0 Å². The third kappa shape index (κ3) is 3.68. The van der Waals surface area contributed by atoms with Gasteiger partial charge in [-0.05, 0) is 17.5 Å². The van der Waals surface area contributed by atoms with E-state index < -0.39 is 6.04 Å². The Labute approximate surface area is 120 Å². The molecule has 0 spiro atoms. The monoisotopic (exact) mass is 268 g/mol. The van der Waals surface area contributed by atoms with Crippen molar-refractivity contribution >= 4 is 5.91 Å². The molecule has 0 fully saturated rings. The number of nitrogens with zero attached hydrogens (tertiary/aromatic N) is 1. The van der Waals surface area contributed by atoms with Crippen LogP contribution in [-0.2, 0) is 11.2 Å². The first-order chi connectivity index (χ1) is 9.68. The first-order valence-electron chi connectivity index (χ1n) is 6.78. The van der Waals surface area contributed by atoms with Gasteiger partial charge in [-0.2, -0.15) is 0 Å². The molecule has 3 nitrogen and oxygen atoms in total. The molecule has 0 aliphatic rings. The number of likely N-dealkylation sites (N-methyl/N-ethyl adjacent to an activating group) is 1. The largest absolute Gasteiger partial charge is 0.344 e. The fourth-order valence-electron chi connectivity index (χ4n) is 2.09. The van der Waals surface area contributed by atoms with Gasteiger partial charge in [-0.15, -0.1) is 0 Å². The molecule has 2 aromatic rings. The number of nitrogens with two attached hydrogens (primary N) is 1. The summed E-state index contributed by atoms with van der Waals surface area (Å²) in [5.41, 5.74) is 8.09. The summed E-state index contributed by atoms with van der Waals surface area (Å²) in [6, 6.07) is 19.0. The predicted octanol–water partition coefficient (Wildman–Crippen LogP) is 2.39. The molecule has 0 bridgehead atoms. The number of hydrogen-bond acceptors (Lipinski definition) is 2. The second-order valence-electron chi connectivity index (χ2n) is 4.88. The Hall–Kier alpha value is -2.13. The molecule has 0 radical (unpaired) electrons. The van der Waals surface area contributed by atoms with Gasteiger partial charge < -0.3 is 10.6 Å². The van der Waals surface area contributed by atoms with Gasteiger partial charge in [-0.1, -0.05) is 60.7 Å². The number of rotatable bonds is 5. The van der Waals surface area contributed by atoms with Crippen LogP contribution >= 0.6 is 0 Å². The van der Waals surface area contributed by atoms with E-state index in [2.05, 4.69) is 12.1 Å². The van der Waals surface area contributed by atoms with E-state index >= 15 is 0 Å². The SMILES string of the molecule is CN(CCc1ccccc1)C(=O)C(N)c1ccccc1. The molecule has 1 atom stereocenters. The molecule has 2 aromatic carbocycles. The van der Waals surface area contributed by atoms with Gasteiger partial charge in [0.15, 0.2) is 0 Å². The molecule has 2 rings (SSSR count). The van der Waals surface area contributed by atoms with E-state index in [9.17, 15) is 4.79 Å². The van der Waals surface area contributed by atoms with Crippen LogP contribution in [0.4, 0.5) is 0 Å². The number of benzene rings is 2. The molecule has 20 heavy (non-hydrogen) atoms. The van der Waals surface area contributed by atoms with E-state index in [1.807, 2.05) is 48.5 Å². The minimum Gasteiger partial charge on any atom is -0.344 e. The second-order valence-corrected chi connectivity index (χ2v) is 4.88. The molecule has 0 aliphatic carbocycles. The van der Waals surface area contributed by atoms with Crippen molar-refractivity contribution in [3.8, 4) is 0 Å². The van der Waals surface area contributed by atoms with E-state index in [1.165, 1.54) is 5.56 Å². The highest BCUT2D eigenvalue weighted by molar-refractivity contribution is 5.82. The number of carbonyl (C=O) groups excluding carboxylic acids is 1. The number of amides is 1. The molecule has 0 saturated heterocycles. The van der Waals surface area contributed by atoms with Crippen molar-refractivity contribution in [2.75, 3.05) is 13.6 Å². The lowest BCUT2D eigenvalue weighted by Gasteiger charge is -2.21. The van der Waals surface area contributed by atoms with Crippen molar-refractivity contribution in [2.24, 2.45) is 5.73 Å². The lowest BCUT2D eigenvalue weighted by molar-refractivity contribution is -0.131. The van der Waals surface area contributed by atoms with Crippen LogP contribution in [0.15, 0.2) is 60.7 Å². The van der Waals surface area contributed by atoms with Crippen molar-refractivity contribution in [1.29, 1.82) is 0 Å². The normalized spacial score (nSPS) is 11.9. The quantitative estimate of drug-likeness (QED) is 0.905. The van der Waals surface area contributed by atoms with Gasteiger partial charge in [-0.3, -0.25) is 4.79 Å². The summed E-state index contributed by atoms with van der Waals surface area (Å²) in [4.78, 5) is 14.0. The third-order valence-corrected chi connectivity index (χ3v) is 3.38. The molecule has 0 heterocycles. The summed E-state index contributed by atoms with van der Waals surface area (Å²) in [7, 11) is 1.80. The Morgan fingerprint density at radius 1 is 1.05 bits per heavy atom. The maximum absolute atomic E-state index is 12.3. The molecule has 0 saturated carbocycles. The Bertz CT molecular complexity index is 539. The average Bonchev–Trinajstić information content (AvgIpc) is 2.53. The summed E-state index contributed by atoms with van der Waals surface area (Å²) < 4.78 is 0. The maximum atomic E-state index is 12.3. The summed E-state index contributed by atoms with van der Waals surface area (Å²) in [5.74, 6) is -0.0490. The number of hydrogen-bond donors (Lipinski definition) is 1. The fourth-order valence-corrected chi connectivity index (χ4v) is 2.09. The molecule has 1 amide bonds. The van der Waals surface area contributed by atoms with Crippen molar-refractivity contribution in [3.63, 3.8) is 0 Å². The van der Waals surface area contributed by atoms with Gasteiger partial charge in [0.2, 0.25) is 5.91 Å². The molecule has 104 valence electrons. The molecule has 2 N–H and O–H groups in total. The van der Waals surface area contributed by atoms with E-state index in [0.29, 0.717) is 6.54 Å². The average molecular weight is 268 g/mol. The van der Waals surface area contributed by atoms with Gasteiger partial charge >= 0.3 is 0 Å². The minimum absolute atomic E-state index is 0.0490. The standard InChI is InChI=1S/C17H20N2O/c1-19(13-12-14-8-4-2-5-9-14)17(20)16(18)15-10-6-3-7-11-15/h2-11,16H,12-13,18H2,1H3. The second kappa shape index (κ2) is 6.87. The van der Waals surface area contributed by atoms with E-state index in [4.69, 9.17) is 5.73 Å². The summed E-state index contributed by atoms with van der Waals surface area (Å²) >= 11 is 0. The Morgan fingerprint density at radius 2 is 1.60 bits per heavy atom. The number of carbonyl (C=O) groups is 1. The molecular formula is C17H20N2O. The van der Waals surface area contributed by atoms with Crippen LogP contribution in [-0.4, -0.2) is 24.4 Å². The zero-order valence-electron chi connectivity index (χ0n) is 11.7. The van der Waals surface area contributed by atoms with Crippen molar-refractivity contribution < 1.29 is 4.79 Å². The molecule has 0 aromatic heterocycles. The minimum atomic E-state index is -0.586. The van der Waals surface area contributed by atoms with Gasteiger partial charge in [0, 0.05) is 13.6 Å². The van der Waals surface area contributed by atoms with Crippen LogP contribution in [0, 0.1) is 0 Å².